The maximum Gasteiger partial charge on any atom is 0.307 e. The number of carboxylic acid groups (broad SMARTS) is 1. The van der Waals surface area contributed by atoms with Crippen molar-refractivity contribution < 1.29 is 23.1 Å². The minimum absolute atomic E-state index is 0.179. The third kappa shape index (κ3) is 2.68. The molecule has 0 radical (unpaired) electrons. The number of alkyl halides is 2. The molecular weight excluding hydrogens is 211 g/mol. The molecule has 0 spiro atoms. The zero-order chi connectivity index (χ0) is 11.6. The van der Waals surface area contributed by atoms with Crippen molar-refractivity contribution in [2.75, 3.05) is 0 Å². The van der Waals surface area contributed by atoms with Gasteiger partial charge in [-0.3, -0.25) is 4.79 Å². The van der Waals surface area contributed by atoms with Gasteiger partial charge >= 0.3 is 5.97 Å². The number of aryl methyl sites for hydroxylation is 1. The highest BCUT2D eigenvalue weighted by Gasteiger charge is 2.19. The average Bonchev–Trinajstić information content (AvgIpc) is 1.99. The van der Waals surface area contributed by atoms with Crippen LogP contribution in [0.4, 0.5) is 13.2 Å². The van der Waals surface area contributed by atoms with E-state index in [1.165, 1.54) is 6.92 Å². The van der Waals surface area contributed by atoms with Crippen LogP contribution >= 0.6 is 0 Å². The summed E-state index contributed by atoms with van der Waals surface area (Å²) in [6.07, 6.45) is -3.49. The third-order valence-electron chi connectivity index (χ3n) is 1.86. The first kappa shape index (κ1) is 11.5. The van der Waals surface area contributed by atoms with Crippen molar-refractivity contribution in [2.24, 2.45) is 0 Å². The van der Waals surface area contributed by atoms with Crippen LogP contribution in [0.2, 0.25) is 0 Å². The van der Waals surface area contributed by atoms with Gasteiger partial charge in [0.25, 0.3) is 6.43 Å². The molecule has 1 heterocycles. The molecule has 1 rings (SSSR count). The highest BCUT2D eigenvalue weighted by molar-refractivity contribution is 5.70. The highest BCUT2D eigenvalue weighted by Crippen LogP contribution is 2.26. The number of nitrogens with zero attached hydrogens (tertiary/aromatic N) is 1. The Hall–Kier alpha value is -1.59. The number of carboxylic acids is 1. The summed E-state index contributed by atoms with van der Waals surface area (Å²) in [6.45, 7) is 1.22. The fourth-order valence-electron chi connectivity index (χ4n) is 1.31. The number of aliphatic carboxylic acids is 1. The third-order valence-corrected chi connectivity index (χ3v) is 1.86. The molecule has 0 unspecified atom stereocenters. The lowest BCUT2D eigenvalue weighted by Crippen LogP contribution is -2.08. The van der Waals surface area contributed by atoms with Crippen LogP contribution in [0.15, 0.2) is 6.07 Å². The first-order chi connectivity index (χ1) is 6.91. The zero-order valence-electron chi connectivity index (χ0n) is 7.80. The number of halogens is 3. The van der Waals surface area contributed by atoms with Gasteiger partial charge in [0.15, 0.2) is 0 Å². The van der Waals surface area contributed by atoms with E-state index < -0.39 is 30.3 Å². The normalized spacial score (nSPS) is 10.7. The van der Waals surface area contributed by atoms with Crippen LogP contribution in [0.25, 0.3) is 0 Å². The topological polar surface area (TPSA) is 50.2 Å². The zero-order valence-corrected chi connectivity index (χ0v) is 7.80. The van der Waals surface area contributed by atoms with Crippen molar-refractivity contribution in [3.63, 3.8) is 0 Å². The Kier molecular flexibility index (Phi) is 3.28. The second-order valence-electron chi connectivity index (χ2n) is 2.97. The molecule has 15 heavy (non-hydrogen) atoms. The molecule has 0 atom stereocenters. The molecule has 0 aliphatic rings. The number of hydrogen-bond acceptors (Lipinski definition) is 2. The van der Waals surface area contributed by atoms with E-state index in [9.17, 15) is 18.0 Å². The molecule has 6 heteroatoms. The lowest BCUT2D eigenvalue weighted by molar-refractivity contribution is -0.136. The van der Waals surface area contributed by atoms with Gasteiger partial charge in [0, 0.05) is 11.3 Å². The van der Waals surface area contributed by atoms with E-state index in [0.717, 1.165) is 6.07 Å². The number of rotatable bonds is 3. The number of pyridine rings is 1. The fourth-order valence-corrected chi connectivity index (χ4v) is 1.31. The molecule has 0 bridgehead atoms. The van der Waals surface area contributed by atoms with Crippen LogP contribution in [-0.2, 0) is 11.2 Å². The largest absolute Gasteiger partial charge is 0.481 e. The van der Waals surface area contributed by atoms with E-state index in [-0.39, 0.29) is 11.3 Å². The van der Waals surface area contributed by atoms with Crippen molar-refractivity contribution in [1.29, 1.82) is 0 Å². The molecule has 0 aliphatic carbocycles. The first-order valence-corrected chi connectivity index (χ1v) is 4.07. The molecular formula is C9H8F3NO2. The highest BCUT2D eigenvalue weighted by atomic mass is 19.3. The van der Waals surface area contributed by atoms with Crippen molar-refractivity contribution >= 4 is 5.97 Å². The van der Waals surface area contributed by atoms with Gasteiger partial charge in [-0.15, -0.1) is 0 Å². The van der Waals surface area contributed by atoms with Crippen molar-refractivity contribution in [3.8, 4) is 0 Å². The average molecular weight is 219 g/mol. The van der Waals surface area contributed by atoms with E-state index in [2.05, 4.69) is 4.98 Å². The van der Waals surface area contributed by atoms with E-state index in [1.54, 1.807) is 0 Å². The molecule has 0 aromatic carbocycles. The maximum absolute atomic E-state index is 12.8. The maximum atomic E-state index is 12.8. The summed E-state index contributed by atoms with van der Waals surface area (Å²) in [6, 6.07) is 0.725. The molecule has 0 saturated carbocycles. The lowest BCUT2D eigenvalue weighted by atomic mass is 10.0. The lowest BCUT2D eigenvalue weighted by Gasteiger charge is -2.09. The van der Waals surface area contributed by atoms with Crippen LogP contribution in [0.5, 0.6) is 0 Å². The molecule has 0 amide bonds. The quantitative estimate of drug-likeness (QED) is 0.792. The SMILES string of the molecule is Cc1nc(F)cc(CC(=O)O)c1C(F)F. The molecule has 82 valence electrons. The predicted octanol–water partition coefficient (Wildman–Crippen LogP) is 2.09. The Morgan fingerprint density at radius 2 is 2.20 bits per heavy atom. The molecule has 1 aromatic rings. The van der Waals surface area contributed by atoms with Crippen LogP contribution in [0.3, 0.4) is 0 Å². The van der Waals surface area contributed by atoms with Gasteiger partial charge in [-0.25, -0.2) is 13.8 Å². The van der Waals surface area contributed by atoms with E-state index in [0.29, 0.717) is 0 Å². The van der Waals surface area contributed by atoms with E-state index in [4.69, 9.17) is 5.11 Å². The Labute approximate surface area is 83.6 Å². The van der Waals surface area contributed by atoms with Gasteiger partial charge in [0.05, 0.1) is 6.42 Å². The standard InChI is InChI=1S/C9H8F3NO2/c1-4-8(9(11)12)5(3-7(14)15)2-6(10)13-4/h2,9H,3H2,1H3,(H,14,15). The van der Waals surface area contributed by atoms with Crippen molar-refractivity contribution in [1.82, 2.24) is 4.98 Å². The van der Waals surface area contributed by atoms with Gasteiger partial charge < -0.3 is 5.11 Å². The minimum atomic E-state index is -2.85. The summed E-state index contributed by atoms with van der Waals surface area (Å²) in [5.41, 5.74) is -0.914. The number of aromatic nitrogens is 1. The molecule has 0 aliphatic heterocycles. The van der Waals surface area contributed by atoms with Gasteiger partial charge in [0.1, 0.15) is 0 Å². The summed E-state index contributed by atoms with van der Waals surface area (Å²) in [7, 11) is 0. The summed E-state index contributed by atoms with van der Waals surface area (Å²) >= 11 is 0. The molecule has 0 saturated heterocycles. The van der Waals surface area contributed by atoms with E-state index >= 15 is 0 Å². The van der Waals surface area contributed by atoms with Gasteiger partial charge in [-0.1, -0.05) is 0 Å². The molecule has 1 aromatic heterocycles. The molecule has 1 N–H and O–H groups in total. The van der Waals surface area contributed by atoms with Gasteiger partial charge in [-0.05, 0) is 18.6 Å². The first-order valence-electron chi connectivity index (χ1n) is 4.07. The summed E-state index contributed by atoms with van der Waals surface area (Å²) in [4.78, 5) is 13.6. The van der Waals surface area contributed by atoms with Crippen LogP contribution in [-0.4, -0.2) is 16.1 Å². The second-order valence-corrected chi connectivity index (χ2v) is 2.97. The Morgan fingerprint density at radius 1 is 1.60 bits per heavy atom. The van der Waals surface area contributed by atoms with Gasteiger partial charge in [-0.2, -0.15) is 4.39 Å². The summed E-state index contributed by atoms with van der Waals surface area (Å²) < 4.78 is 37.8. The summed E-state index contributed by atoms with van der Waals surface area (Å²) in [5.74, 6) is -2.24. The number of hydrogen-bond donors (Lipinski definition) is 1. The Morgan fingerprint density at radius 3 is 2.67 bits per heavy atom. The van der Waals surface area contributed by atoms with Crippen molar-refractivity contribution in [2.45, 2.75) is 19.8 Å². The monoisotopic (exact) mass is 219 g/mol. The predicted molar refractivity (Wildman–Crippen MR) is 45.2 cm³/mol. The van der Waals surface area contributed by atoms with Crippen molar-refractivity contribution in [3.05, 3.63) is 28.8 Å². The number of carbonyl (C=O) groups is 1. The molecule has 0 fully saturated rings. The van der Waals surface area contributed by atoms with Crippen LogP contribution in [0.1, 0.15) is 23.2 Å². The van der Waals surface area contributed by atoms with Crippen LogP contribution in [0, 0.1) is 12.9 Å². The summed E-state index contributed by atoms with van der Waals surface area (Å²) in [5, 5.41) is 8.47. The fraction of sp³-hybridized carbons (Fsp3) is 0.333. The second kappa shape index (κ2) is 4.29. The Balaban J connectivity index is 3.26. The van der Waals surface area contributed by atoms with E-state index in [1.807, 2.05) is 0 Å². The minimum Gasteiger partial charge on any atom is -0.481 e. The Bertz CT molecular complexity index is 393. The smallest absolute Gasteiger partial charge is 0.307 e. The van der Waals surface area contributed by atoms with Crippen LogP contribution < -0.4 is 0 Å². The van der Waals surface area contributed by atoms with Gasteiger partial charge in [0.2, 0.25) is 5.95 Å². The molecule has 3 nitrogen and oxygen atoms in total.